The fraction of sp³-hybridized carbons (Fsp3) is 0.227. The van der Waals surface area contributed by atoms with Crippen LogP contribution < -0.4 is 10.6 Å². The van der Waals surface area contributed by atoms with Gasteiger partial charge in [-0.3, -0.25) is 14.2 Å². The Morgan fingerprint density at radius 2 is 1.69 bits per heavy atom. The molecule has 0 saturated carbocycles. The van der Waals surface area contributed by atoms with Crippen molar-refractivity contribution in [3.63, 3.8) is 0 Å². The number of hydrogen-bond acceptors (Lipinski definition) is 4. The van der Waals surface area contributed by atoms with Crippen molar-refractivity contribution in [2.75, 3.05) is 10.6 Å². The highest BCUT2D eigenvalue weighted by Gasteiger charge is 2.18. The van der Waals surface area contributed by atoms with Crippen LogP contribution in [-0.2, 0) is 9.59 Å². The minimum Gasteiger partial charge on any atom is -0.326 e. The normalized spacial score (nSPS) is 11.7. The van der Waals surface area contributed by atoms with E-state index >= 15 is 0 Å². The van der Waals surface area contributed by atoms with Gasteiger partial charge in [-0.2, -0.15) is 0 Å². The lowest BCUT2D eigenvalue weighted by atomic mass is 10.1. The predicted octanol–water partition coefficient (Wildman–Crippen LogP) is 4.57. The molecule has 0 saturated heterocycles. The fourth-order valence-electron chi connectivity index (χ4n) is 2.93. The van der Waals surface area contributed by atoms with Crippen molar-refractivity contribution in [3.8, 4) is 5.69 Å². The van der Waals surface area contributed by atoms with Crippen molar-refractivity contribution in [3.05, 3.63) is 66.0 Å². The zero-order valence-electron chi connectivity index (χ0n) is 16.9. The first-order valence-electron chi connectivity index (χ1n) is 9.29. The van der Waals surface area contributed by atoms with E-state index in [1.807, 2.05) is 17.7 Å². The SMILES string of the molecule is CC(=O)Nc1ccc(NC(=O)[C@H](C)Sc2nccn2-c2ccc(C)cc2C)cc1. The van der Waals surface area contributed by atoms with Gasteiger partial charge in [0.15, 0.2) is 5.16 Å². The summed E-state index contributed by atoms with van der Waals surface area (Å²) in [7, 11) is 0. The van der Waals surface area contributed by atoms with E-state index in [0.29, 0.717) is 11.4 Å². The standard InChI is InChI=1S/C22H24N4O2S/c1-14-5-10-20(15(2)13-14)26-12-11-23-22(26)29-16(3)21(28)25-19-8-6-18(7-9-19)24-17(4)27/h5-13,16H,1-4H3,(H,24,27)(H,25,28)/t16-/m0/s1. The van der Waals surface area contributed by atoms with Crippen LogP contribution in [0.5, 0.6) is 0 Å². The monoisotopic (exact) mass is 408 g/mol. The Labute approximate surface area is 174 Å². The van der Waals surface area contributed by atoms with Gasteiger partial charge >= 0.3 is 0 Å². The predicted molar refractivity (Wildman–Crippen MR) is 118 cm³/mol. The second-order valence-corrected chi connectivity index (χ2v) is 8.19. The maximum Gasteiger partial charge on any atom is 0.237 e. The Morgan fingerprint density at radius 1 is 1.03 bits per heavy atom. The highest BCUT2D eigenvalue weighted by molar-refractivity contribution is 8.00. The average Bonchev–Trinajstić information content (AvgIpc) is 3.10. The molecule has 2 N–H and O–H groups in total. The molecule has 29 heavy (non-hydrogen) atoms. The molecule has 150 valence electrons. The first-order valence-corrected chi connectivity index (χ1v) is 10.2. The number of carbonyl (C=O) groups excluding carboxylic acids is 2. The van der Waals surface area contributed by atoms with Crippen LogP contribution in [0.4, 0.5) is 11.4 Å². The number of carbonyl (C=O) groups is 2. The van der Waals surface area contributed by atoms with Crippen molar-refractivity contribution < 1.29 is 9.59 Å². The van der Waals surface area contributed by atoms with Crippen LogP contribution in [0.25, 0.3) is 5.69 Å². The number of thioether (sulfide) groups is 1. The highest BCUT2D eigenvalue weighted by Crippen LogP contribution is 2.27. The van der Waals surface area contributed by atoms with Crippen molar-refractivity contribution in [2.45, 2.75) is 38.1 Å². The number of benzene rings is 2. The number of rotatable bonds is 6. The van der Waals surface area contributed by atoms with Gasteiger partial charge in [0.05, 0.1) is 10.9 Å². The van der Waals surface area contributed by atoms with E-state index in [1.165, 1.54) is 24.2 Å². The molecule has 6 nitrogen and oxygen atoms in total. The van der Waals surface area contributed by atoms with E-state index in [2.05, 4.69) is 47.7 Å². The van der Waals surface area contributed by atoms with E-state index < -0.39 is 0 Å². The highest BCUT2D eigenvalue weighted by atomic mass is 32.2. The average molecular weight is 409 g/mol. The van der Waals surface area contributed by atoms with E-state index in [9.17, 15) is 9.59 Å². The van der Waals surface area contributed by atoms with E-state index in [0.717, 1.165) is 16.4 Å². The van der Waals surface area contributed by atoms with Crippen LogP contribution in [-0.4, -0.2) is 26.6 Å². The second-order valence-electron chi connectivity index (χ2n) is 6.88. The van der Waals surface area contributed by atoms with Crippen molar-refractivity contribution in [1.29, 1.82) is 0 Å². The Balaban J connectivity index is 1.68. The number of aryl methyl sites for hydroxylation is 2. The Bertz CT molecular complexity index is 1030. The number of anilines is 2. The third kappa shape index (κ3) is 5.26. The van der Waals surface area contributed by atoms with Crippen molar-refractivity contribution >= 4 is 35.0 Å². The van der Waals surface area contributed by atoms with Gasteiger partial charge in [-0.25, -0.2) is 4.98 Å². The number of imidazole rings is 1. The van der Waals surface area contributed by atoms with E-state index in [1.54, 1.807) is 30.5 Å². The molecular weight excluding hydrogens is 384 g/mol. The molecule has 7 heteroatoms. The summed E-state index contributed by atoms with van der Waals surface area (Å²) >= 11 is 1.41. The molecule has 3 rings (SSSR count). The molecule has 1 heterocycles. The largest absolute Gasteiger partial charge is 0.326 e. The second kappa shape index (κ2) is 8.96. The number of amides is 2. The topological polar surface area (TPSA) is 76.0 Å². The summed E-state index contributed by atoms with van der Waals surface area (Å²) in [5.41, 5.74) is 4.78. The molecule has 1 atom stereocenters. The minimum atomic E-state index is -0.336. The molecule has 0 bridgehead atoms. The molecule has 0 aliphatic carbocycles. The van der Waals surface area contributed by atoms with E-state index in [4.69, 9.17) is 0 Å². The third-order valence-corrected chi connectivity index (χ3v) is 5.42. The first-order chi connectivity index (χ1) is 13.8. The molecular formula is C22H24N4O2S. The molecule has 0 unspecified atom stereocenters. The zero-order chi connectivity index (χ0) is 21.0. The molecule has 0 fully saturated rings. The van der Waals surface area contributed by atoms with Gasteiger partial charge in [-0.15, -0.1) is 0 Å². The van der Waals surface area contributed by atoms with Crippen LogP contribution in [0, 0.1) is 13.8 Å². The van der Waals surface area contributed by atoms with Crippen LogP contribution in [0.1, 0.15) is 25.0 Å². The molecule has 2 aromatic carbocycles. The quantitative estimate of drug-likeness (QED) is 0.586. The van der Waals surface area contributed by atoms with Crippen LogP contribution in [0.2, 0.25) is 0 Å². The molecule has 0 aliphatic rings. The lowest BCUT2D eigenvalue weighted by Crippen LogP contribution is -2.22. The van der Waals surface area contributed by atoms with Crippen LogP contribution >= 0.6 is 11.8 Å². The maximum absolute atomic E-state index is 12.6. The summed E-state index contributed by atoms with van der Waals surface area (Å²) in [6.07, 6.45) is 3.65. The smallest absolute Gasteiger partial charge is 0.237 e. The summed E-state index contributed by atoms with van der Waals surface area (Å²) < 4.78 is 2.01. The third-order valence-electron chi connectivity index (χ3n) is 4.34. The van der Waals surface area contributed by atoms with Gasteiger partial charge in [-0.1, -0.05) is 29.5 Å². The van der Waals surface area contributed by atoms with Crippen molar-refractivity contribution in [1.82, 2.24) is 9.55 Å². The number of nitrogens with zero attached hydrogens (tertiary/aromatic N) is 2. The summed E-state index contributed by atoms with van der Waals surface area (Å²) in [6, 6.07) is 13.3. The van der Waals surface area contributed by atoms with Gasteiger partial charge < -0.3 is 10.6 Å². The molecule has 0 aliphatic heterocycles. The molecule has 2 amide bonds. The summed E-state index contributed by atoms with van der Waals surface area (Å²) in [5.74, 6) is -0.247. The Kier molecular flexibility index (Phi) is 6.39. The van der Waals surface area contributed by atoms with E-state index in [-0.39, 0.29) is 17.1 Å². The number of nitrogens with one attached hydrogen (secondary N) is 2. The van der Waals surface area contributed by atoms with Gasteiger partial charge in [0.25, 0.3) is 0 Å². The summed E-state index contributed by atoms with van der Waals surface area (Å²) in [5, 5.41) is 6.03. The maximum atomic E-state index is 12.6. The number of hydrogen-bond donors (Lipinski definition) is 2. The zero-order valence-corrected chi connectivity index (χ0v) is 17.7. The lowest BCUT2D eigenvalue weighted by Gasteiger charge is -2.15. The fourth-order valence-corrected chi connectivity index (χ4v) is 3.81. The number of aromatic nitrogens is 2. The first kappa shape index (κ1) is 20.7. The van der Waals surface area contributed by atoms with Gasteiger partial charge in [-0.05, 0) is 56.7 Å². The van der Waals surface area contributed by atoms with Crippen LogP contribution in [0.15, 0.2) is 60.0 Å². The van der Waals surface area contributed by atoms with Crippen LogP contribution in [0.3, 0.4) is 0 Å². The van der Waals surface area contributed by atoms with Gasteiger partial charge in [0.1, 0.15) is 0 Å². The molecule has 1 aromatic heterocycles. The van der Waals surface area contributed by atoms with Gasteiger partial charge in [0, 0.05) is 30.7 Å². The Hall–Kier alpha value is -3.06. The minimum absolute atomic E-state index is 0.113. The molecule has 3 aromatic rings. The summed E-state index contributed by atoms with van der Waals surface area (Å²) in [6.45, 7) is 7.44. The Morgan fingerprint density at radius 3 is 2.31 bits per heavy atom. The molecule has 0 radical (unpaired) electrons. The summed E-state index contributed by atoms with van der Waals surface area (Å²) in [4.78, 5) is 28.1. The lowest BCUT2D eigenvalue weighted by molar-refractivity contribution is -0.115. The van der Waals surface area contributed by atoms with Crippen molar-refractivity contribution in [2.24, 2.45) is 0 Å². The molecule has 0 spiro atoms. The van der Waals surface area contributed by atoms with Gasteiger partial charge in [0.2, 0.25) is 11.8 Å².